The lowest BCUT2D eigenvalue weighted by molar-refractivity contribution is 0.0378. The van der Waals surface area contributed by atoms with E-state index in [2.05, 4.69) is 38.3 Å². The fraction of sp³-hybridized carbons (Fsp3) is 0.308. The highest BCUT2D eigenvalue weighted by molar-refractivity contribution is 6.33. The number of para-hydroxylation sites is 2. The molecule has 0 aliphatic carbocycles. The third kappa shape index (κ3) is 5.83. The van der Waals surface area contributed by atoms with E-state index in [0.29, 0.717) is 16.4 Å². The van der Waals surface area contributed by atoms with Gasteiger partial charge in [-0.2, -0.15) is 0 Å². The van der Waals surface area contributed by atoms with Crippen molar-refractivity contribution in [2.45, 2.75) is 26.5 Å². The summed E-state index contributed by atoms with van der Waals surface area (Å²) >= 11 is 6.34. The van der Waals surface area contributed by atoms with Crippen LogP contribution in [0.5, 0.6) is 0 Å². The number of hydrogen-bond acceptors (Lipinski definition) is 6. The molecule has 1 N–H and O–H groups in total. The second kappa shape index (κ2) is 10.7. The molecule has 1 fully saturated rings. The zero-order valence-electron chi connectivity index (χ0n) is 19.0. The van der Waals surface area contributed by atoms with Gasteiger partial charge in [0.1, 0.15) is 11.4 Å². The molecule has 2 aromatic carbocycles. The first kappa shape index (κ1) is 23.1. The van der Waals surface area contributed by atoms with E-state index < -0.39 is 0 Å². The zero-order valence-corrected chi connectivity index (χ0v) is 19.8. The van der Waals surface area contributed by atoms with Gasteiger partial charge in [0.25, 0.3) is 0 Å². The van der Waals surface area contributed by atoms with Crippen LogP contribution in [0, 0.1) is 0 Å². The van der Waals surface area contributed by atoms with Gasteiger partial charge in [0.05, 0.1) is 16.8 Å². The van der Waals surface area contributed by atoms with Crippen molar-refractivity contribution in [3.05, 3.63) is 83.0 Å². The van der Waals surface area contributed by atoms with Crippen molar-refractivity contribution in [2.75, 3.05) is 36.4 Å². The summed E-state index contributed by atoms with van der Waals surface area (Å²) in [5.74, 6) is 0.374. The lowest BCUT2D eigenvalue weighted by atomic mass is 10.1. The normalized spacial score (nSPS) is 14.4. The minimum Gasteiger partial charge on any atom is -0.459 e. The maximum atomic E-state index is 12.5. The number of nitrogens with zero attached hydrogens (tertiary/aromatic N) is 3. The predicted octanol–water partition coefficient (Wildman–Crippen LogP) is 5.37. The SMILES string of the molecule is CC(C)OC(=O)c1cccnc1N1CCN(Cc2ccccc2Nc2ccccc2Cl)CC1. The Hall–Kier alpha value is -3.09. The molecule has 2 heterocycles. The van der Waals surface area contributed by atoms with Crippen LogP contribution in [-0.4, -0.2) is 48.1 Å². The molecule has 0 atom stereocenters. The Morgan fingerprint density at radius 3 is 2.42 bits per heavy atom. The number of carbonyl (C=O) groups is 1. The summed E-state index contributed by atoms with van der Waals surface area (Å²) in [6, 6.07) is 19.6. The number of pyridine rings is 1. The molecule has 0 unspecified atom stereocenters. The van der Waals surface area contributed by atoms with Crippen molar-refractivity contribution < 1.29 is 9.53 Å². The molecule has 33 heavy (non-hydrogen) atoms. The van der Waals surface area contributed by atoms with Crippen LogP contribution in [0.25, 0.3) is 0 Å². The zero-order chi connectivity index (χ0) is 23.2. The number of esters is 1. The molecule has 0 saturated carbocycles. The number of piperazine rings is 1. The summed E-state index contributed by atoms with van der Waals surface area (Å²) in [5, 5.41) is 4.17. The average molecular weight is 465 g/mol. The summed E-state index contributed by atoms with van der Waals surface area (Å²) in [6.07, 6.45) is 1.56. The number of ether oxygens (including phenoxy) is 1. The van der Waals surface area contributed by atoms with E-state index in [1.165, 1.54) is 5.56 Å². The van der Waals surface area contributed by atoms with Gasteiger partial charge in [-0.05, 0) is 49.7 Å². The third-order valence-corrected chi connectivity index (χ3v) is 5.91. The fourth-order valence-electron chi connectivity index (χ4n) is 3.93. The standard InChI is InChI=1S/C26H29ClN4O2/c1-19(2)33-26(32)21-9-7-13-28-25(21)31-16-14-30(15-17-31)18-20-8-3-5-11-23(20)29-24-12-6-4-10-22(24)27/h3-13,19,29H,14-18H2,1-2H3. The van der Waals surface area contributed by atoms with Crippen LogP contribution in [-0.2, 0) is 11.3 Å². The summed E-state index contributed by atoms with van der Waals surface area (Å²) in [7, 11) is 0. The molecule has 7 heteroatoms. The summed E-state index contributed by atoms with van der Waals surface area (Å²) in [5.41, 5.74) is 3.68. The first-order valence-corrected chi connectivity index (χ1v) is 11.6. The van der Waals surface area contributed by atoms with E-state index in [0.717, 1.165) is 44.1 Å². The lowest BCUT2D eigenvalue weighted by Gasteiger charge is -2.36. The van der Waals surface area contributed by atoms with Gasteiger partial charge in [-0.15, -0.1) is 0 Å². The van der Waals surface area contributed by atoms with E-state index in [1.54, 1.807) is 18.3 Å². The number of anilines is 3. The first-order valence-electron chi connectivity index (χ1n) is 11.2. The lowest BCUT2D eigenvalue weighted by Crippen LogP contribution is -2.46. The van der Waals surface area contributed by atoms with Gasteiger partial charge in [0.15, 0.2) is 0 Å². The van der Waals surface area contributed by atoms with E-state index in [4.69, 9.17) is 16.3 Å². The van der Waals surface area contributed by atoms with Crippen molar-refractivity contribution in [3.8, 4) is 0 Å². The topological polar surface area (TPSA) is 57.7 Å². The molecule has 0 amide bonds. The van der Waals surface area contributed by atoms with Crippen molar-refractivity contribution in [1.82, 2.24) is 9.88 Å². The Labute approximate surface area is 200 Å². The molecule has 1 aromatic heterocycles. The number of hydrogen-bond donors (Lipinski definition) is 1. The average Bonchev–Trinajstić information content (AvgIpc) is 2.82. The molecular weight excluding hydrogens is 436 g/mol. The molecule has 4 rings (SSSR count). The van der Waals surface area contributed by atoms with Crippen LogP contribution < -0.4 is 10.2 Å². The second-order valence-electron chi connectivity index (χ2n) is 8.35. The minimum atomic E-state index is -0.324. The number of carbonyl (C=O) groups excluding carboxylic acids is 1. The van der Waals surface area contributed by atoms with Crippen molar-refractivity contribution in [2.24, 2.45) is 0 Å². The molecule has 1 saturated heterocycles. The monoisotopic (exact) mass is 464 g/mol. The van der Waals surface area contributed by atoms with Crippen molar-refractivity contribution in [3.63, 3.8) is 0 Å². The number of halogens is 1. The highest BCUT2D eigenvalue weighted by atomic mass is 35.5. The molecule has 1 aliphatic heterocycles. The molecule has 0 radical (unpaired) electrons. The van der Waals surface area contributed by atoms with Gasteiger partial charge in [-0.3, -0.25) is 4.90 Å². The largest absolute Gasteiger partial charge is 0.459 e. The second-order valence-corrected chi connectivity index (χ2v) is 8.76. The van der Waals surface area contributed by atoms with Gasteiger partial charge >= 0.3 is 5.97 Å². The number of benzene rings is 2. The molecule has 3 aromatic rings. The van der Waals surface area contributed by atoms with E-state index in [1.807, 2.05) is 44.2 Å². The van der Waals surface area contributed by atoms with Crippen LogP contribution in [0.1, 0.15) is 29.8 Å². The quantitative estimate of drug-likeness (QED) is 0.474. The minimum absolute atomic E-state index is 0.165. The van der Waals surface area contributed by atoms with Gasteiger partial charge < -0.3 is 15.0 Å². The Balaban J connectivity index is 1.41. The van der Waals surface area contributed by atoms with E-state index in [9.17, 15) is 4.79 Å². The summed E-state index contributed by atoms with van der Waals surface area (Å²) in [4.78, 5) is 21.6. The number of rotatable bonds is 7. The van der Waals surface area contributed by atoms with Crippen LogP contribution in [0.4, 0.5) is 17.2 Å². The highest BCUT2D eigenvalue weighted by Crippen LogP contribution is 2.28. The van der Waals surface area contributed by atoms with Crippen LogP contribution in [0.15, 0.2) is 66.9 Å². The maximum absolute atomic E-state index is 12.5. The van der Waals surface area contributed by atoms with Crippen molar-refractivity contribution >= 4 is 34.8 Å². The Bertz CT molecular complexity index is 1100. The Morgan fingerprint density at radius 1 is 1.00 bits per heavy atom. The van der Waals surface area contributed by atoms with Gasteiger partial charge in [-0.1, -0.05) is 41.9 Å². The maximum Gasteiger partial charge on any atom is 0.342 e. The first-order chi connectivity index (χ1) is 16.0. The summed E-state index contributed by atoms with van der Waals surface area (Å²) in [6.45, 7) is 7.85. The summed E-state index contributed by atoms with van der Waals surface area (Å²) < 4.78 is 5.41. The molecule has 172 valence electrons. The van der Waals surface area contributed by atoms with Crippen molar-refractivity contribution in [1.29, 1.82) is 0 Å². The smallest absolute Gasteiger partial charge is 0.342 e. The number of aromatic nitrogens is 1. The predicted molar refractivity (Wildman–Crippen MR) is 133 cm³/mol. The van der Waals surface area contributed by atoms with Crippen LogP contribution in [0.2, 0.25) is 5.02 Å². The van der Waals surface area contributed by atoms with E-state index >= 15 is 0 Å². The molecule has 0 spiro atoms. The molecule has 6 nitrogen and oxygen atoms in total. The van der Waals surface area contributed by atoms with Gasteiger partial charge in [-0.25, -0.2) is 9.78 Å². The Kier molecular flexibility index (Phi) is 7.47. The van der Waals surface area contributed by atoms with Crippen LogP contribution in [0.3, 0.4) is 0 Å². The van der Waals surface area contributed by atoms with E-state index in [-0.39, 0.29) is 12.1 Å². The third-order valence-electron chi connectivity index (χ3n) is 5.58. The van der Waals surface area contributed by atoms with Gasteiger partial charge in [0, 0.05) is 44.6 Å². The number of nitrogens with one attached hydrogen (secondary N) is 1. The fourth-order valence-corrected chi connectivity index (χ4v) is 4.12. The molecule has 1 aliphatic rings. The van der Waals surface area contributed by atoms with Crippen LogP contribution >= 0.6 is 11.6 Å². The molecule has 0 bridgehead atoms. The van der Waals surface area contributed by atoms with Gasteiger partial charge in [0.2, 0.25) is 0 Å². The highest BCUT2D eigenvalue weighted by Gasteiger charge is 2.24. The Morgan fingerprint density at radius 2 is 1.70 bits per heavy atom. The molecular formula is C26H29ClN4O2.